The van der Waals surface area contributed by atoms with E-state index in [1.165, 1.54) is 12.1 Å². The summed E-state index contributed by atoms with van der Waals surface area (Å²) in [6.45, 7) is 0. The lowest BCUT2D eigenvalue weighted by Crippen LogP contribution is -2.11. The van der Waals surface area contributed by atoms with E-state index in [0.717, 1.165) is 22.5 Å². The lowest BCUT2D eigenvalue weighted by molar-refractivity contribution is 0.103. The van der Waals surface area contributed by atoms with Crippen molar-refractivity contribution in [3.8, 4) is 0 Å². The number of halogens is 2. The van der Waals surface area contributed by atoms with Crippen LogP contribution in [0.3, 0.4) is 0 Å². The summed E-state index contributed by atoms with van der Waals surface area (Å²) in [5.41, 5.74) is 2.42. The van der Waals surface area contributed by atoms with E-state index in [1.807, 2.05) is 0 Å². The Morgan fingerprint density at radius 2 is 1.79 bits per heavy atom. The van der Waals surface area contributed by atoms with E-state index in [1.54, 1.807) is 48.0 Å². The summed E-state index contributed by atoms with van der Waals surface area (Å²) in [6.07, 6.45) is 1.28. The first kappa shape index (κ1) is 20.3. The van der Waals surface area contributed by atoms with Crippen LogP contribution in [0.2, 0.25) is 0 Å². The highest BCUT2D eigenvalue weighted by molar-refractivity contribution is 9.10. The van der Waals surface area contributed by atoms with Gasteiger partial charge in [-0.25, -0.2) is 12.8 Å². The third kappa shape index (κ3) is 4.69. The molecule has 28 heavy (non-hydrogen) atoms. The van der Waals surface area contributed by atoms with Gasteiger partial charge in [-0.1, -0.05) is 22.0 Å². The number of aromatic nitrogens is 1. The molecule has 0 bridgehead atoms. The van der Waals surface area contributed by atoms with Gasteiger partial charge in [0.05, 0.1) is 17.6 Å². The van der Waals surface area contributed by atoms with Gasteiger partial charge in [-0.2, -0.15) is 0 Å². The minimum absolute atomic E-state index is 0.116. The number of rotatable bonds is 6. The van der Waals surface area contributed by atoms with Gasteiger partial charge in [-0.15, -0.1) is 0 Å². The summed E-state index contributed by atoms with van der Waals surface area (Å²) in [5.74, 6) is -0.634. The average Bonchev–Trinajstić information content (AvgIpc) is 2.96. The highest BCUT2D eigenvalue weighted by Gasteiger charge is 2.16. The zero-order chi connectivity index (χ0) is 20.5. The maximum Gasteiger partial charge on any atom is 0.229 e. The minimum Gasteiger partial charge on any atom is -0.345 e. The minimum atomic E-state index is -3.47. The van der Waals surface area contributed by atoms with Gasteiger partial charge in [-0.05, 0) is 54.1 Å². The Balaban J connectivity index is 1.83. The van der Waals surface area contributed by atoms with Crippen LogP contribution in [0.1, 0.15) is 27.3 Å². The molecule has 146 valence electrons. The molecular formula is C20H18BrFN2O3S. The summed E-state index contributed by atoms with van der Waals surface area (Å²) in [7, 11) is -1.71. The third-order valence-corrected chi connectivity index (χ3v) is 5.43. The maximum absolute atomic E-state index is 14.4. The van der Waals surface area contributed by atoms with Crippen molar-refractivity contribution in [2.75, 3.05) is 11.0 Å². The average molecular weight is 465 g/mol. The number of anilines is 1. The number of hydrogen-bond donors (Lipinski definition) is 1. The zero-order valence-electron chi connectivity index (χ0n) is 15.2. The summed E-state index contributed by atoms with van der Waals surface area (Å²) < 4.78 is 41.8. The molecule has 0 saturated carbocycles. The number of hydrogen-bond acceptors (Lipinski definition) is 3. The standard InChI is InChI=1S/C20H18BrFN2O3S/c1-24-17(9-10-19(24)20(25)13-3-6-15(21)7-4-13)11-14-5-8-16(12-18(14)22)23-28(2,26)27/h3-10,12,23H,11H2,1-2H3. The predicted molar refractivity (Wildman–Crippen MR) is 111 cm³/mol. The smallest absolute Gasteiger partial charge is 0.229 e. The molecule has 0 spiro atoms. The normalized spacial score (nSPS) is 11.4. The Kier molecular flexibility index (Phi) is 5.71. The first-order chi connectivity index (χ1) is 13.1. The van der Waals surface area contributed by atoms with Crippen molar-refractivity contribution < 1.29 is 17.6 Å². The molecule has 0 atom stereocenters. The van der Waals surface area contributed by atoms with Crippen molar-refractivity contribution in [3.05, 3.63) is 87.4 Å². The van der Waals surface area contributed by atoms with Crippen LogP contribution < -0.4 is 4.72 Å². The van der Waals surface area contributed by atoms with Crippen molar-refractivity contribution >= 4 is 37.4 Å². The number of carbonyl (C=O) groups is 1. The molecular weight excluding hydrogens is 447 g/mol. The fraction of sp³-hybridized carbons (Fsp3) is 0.150. The number of benzene rings is 2. The molecule has 1 aromatic heterocycles. The maximum atomic E-state index is 14.4. The molecule has 0 aliphatic rings. The molecule has 3 aromatic rings. The molecule has 0 radical (unpaired) electrons. The highest BCUT2D eigenvalue weighted by Crippen LogP contribution is 2.21. The molecule has 0 amide bonds. The number of sulfonamides is 1. The summed E-state index contributed by atoms with van der Waals surface area (Å²) >= 11 is 3.34. The molecule has 0 aliphatic heterocycles. The molecule has 0 unspecified atom stereocenters. The quantitative estimate of drug-likeness (QED) is 0.557. The van der Waals surface area contributed by atoms with Gasteiger partial charge in [0, 0.05) is 29.2 Å². The van der Waals surface area contributed by atoms with Gasteiger partial charge in [0.15, 0.2) is 0 Å². The van der Waals surface area contributed by atoms with Crippen molar-refractivity contribution in [2.45, 2.75) is 6.42 Å². The number of ketones is 1. The molecule has 5 nitrogen and oxygen atoms in total. The molecule has 0 aliphatic carbocycles. The molecule has 0 saturated heterocycles. The first-order valence-corrected chi connectivity index (χ1v) is 11.0. The third-order valence-electron chi connectivity index (χ3n) is 4.29. The first-order valence-electron chi connectivity index (χ1n) is 8.35. The van der Waals surface area contributed by atoms with E-state index in [9.17, 15) is 17.6 Å². The van der Waals surface area contributed by atoms with E-state index in [4.69, 9.17) is 0 Å². The summed E-state index contributed by atoms with van der Waals surface area (Å²) in [6, 6.07) is 14.8. The lowest BCUT2D eigenvalue weighted by atomic mass is 10.1. The fourth-order valence-corrected chi connectivity index (χ4v) is 3.69. The highest BCUT2D eigenvalue weighted by atomic mass is 79.9. The molecule has 1 heterocycles. The van der Waals surface area contributed by atoms with Gasteiger partial charge in [0.25, 0.3) is 0 Å². The molecule has 3 rings (SSSR count). The Bertz CT molecular complexity index is 1140. The van der Waals surface area contributed by atoms with Crippen LogP contribution in [0.5, 0.6) is 0 Å². The van der Waals surface area contributed by atoms with E-state index in [2.05, 4.69) is 20.7 Å². The van der Waals surface area contributed by atoms with Gasteiger partial charge in [0.1, 0.15) is 5.82 Å². The lowest BCUT2D eigenvalue weighted by Gasteiger charge is -2.10. The molecule has 1 N–H and O–H groups in total. The SMILES string of the molecule is Cn1c(Cc2ccc(NS(C)(=O)=O)cc2F)ccc1C(=O)c1ccc(Br)cc1. The van der Waals surface area contributed by atoms with Crippen LogP contribution in [0.4, 0.5) is 10.1 Å². The monoisotopic (exact) mass is 464 g/mol. The van der Waals surface area contributed by atoms with Crippen LogP contribution in [-0.2, 0) is 23.5 Å². The Hall–Kier alpha value is -2.45. The van der Waals surface area contributed by atoms with Gasteiger partial charge < -0.3 is 4.57 Å². The van der Waals surface area contributed by atoms with Crippen molar-refractivity contribution in [3.63, 3.8) is 0 Å². The van der Waals surface area contributed by atoms with E-state index in [0.29, 0.717) is 16.8 Å². The molecule has 2 aromatic carbocycles. The van der Waals surface area contributed by atoms with E-state index < -0.39 is 15.8 Å². The Labute approximate surface area is 171 Å². The topological polar surface area (TPSA) is 68.2 Å². The van der Waals surface area contributed by atoms with E-state index >= 15 is 0 Å². The second-order valence-electron chi connectivity index (χ2n) is 6.46. The fourth-order valence-electron chi connectivity index (χ4n) is 2.87. The Morgan fingerprint density at radius 3 is 2.39 bits per heavy atom. The Morgan fingerprint density at radius 1 is 1.11 bits per heavy atom. The zero-order valence-corrected chi connectivity index (χ0v) is 17.6. The largest absolute Gasteiger partial charge is 0.345 e. The van der Waals surface area contributed by atoms with Crippen molar-refractivity contribution in [1.82, 2.24) is 4.57 Å². The van der Waals surface area contributed by atoms with Crippen molar-refractivity contribution in [2.24, 2.45) is 7.05 Å². The molecule has 8 heteroatoms. The second kappa shape index (κ2) is 7.89. The van der Waals surface area contributed by atoms with Crippen molar-refractivity contribution in [1.29, 1.82) is 0 Å². The van der Waals surface area contributed by atoms with Gasteiger partial charge in [0.2, 0.25) is 15.8 Å². The van der Waals surface area contributed by atoms with Crippen LogP contribution in [0.15, 0.2) is 59.1 Å². The predicted octanol–water partition coefficient (Wildman–Crippen LogP) is 4.12. The van der Waals surface area contributed by atoms with Gasteiger partial charge >= 0.3 is 0 Å². The van der Waals surface area contributed by atoms with Crippen LogP contribution in [0.25, 0.3) is 0 Å². The molecule has 0 fully saturated rings. The second-order valence-corrected chi connectivity index (χ2v) is 9.13. The van der Waals surface area contributed by atoms with Crippen LogP contribution >= 0.6 is 15.9 Å². The number of nitrogens with zero attached hydrogens (tertiary/aromatic N) is 1. The van der Waals surface area contributed by atoms with Crippen LogP contribution in [0, 0.1) is 5.82 Å². The number of nitrogens with one attached hydrogen (secondary N) is 1. The van der Waals surface area contributed by atoms with Gasteiger partial charge in [-0.3, -0.25) is 9.52 Å². The summed E-state index contributed by atoms with van der Waals surface area (Å²) in [5, 5.41) is 0. The van der Waals surface area contributed by atoms with Crippen LogP contribution in [-0.4, -0.2) is 25.0 Å². The number of carbonyl (C=O) groups excluding carboxylic acids is 1. The summed E-state index contributed by atoms with van der Waals surface area (Å²) in [4.78, 5) is 12.7. The van der Waals surface area contributed by atoms with E-state index in [-0.39, 0.29) is 17.9 Å².